The van der Waals surface area contributed by atoms with E-state index in [1.54, 1.807) is 26.4 Å². The van der Waals surface area contributed by atoms with Gasteiger partial charge in [0.2, 0.25) is 5.75 Å². The molecule has 0 saturated carbocycles. The Labute approximate surface area is 198 Å². The highest BCUT2D eigenvalue weighted by Gasteiger charge is 2.12. The maximum Gasteiger partial charge on any atom is 0.414 e. The SMILES string of the molecule is CCOC(CCCNCCOc1c(OC)cccc1OC)c1ccc(F)cc1.O=C(O)C(=O)O. The average molecular weight is 482 g/mol. The number of rotatable bonds is 13. The summed E-state index contributed by atoms with van der Waals surface area (Å²) in [5, 5.41) is 18.1. The first-order valence-corrected chi connectivity index (χ1v) is 10.7. The van der Waals surface area contributed by atoms with Crippen molar-refractivity contribution in [3.8, 4) is 17.2 Å². The molecule has 0 aliphatic heterocycles. The van der Waals surface area contributed by atoms with Crippen LogP contribution in [0.2, 0.25) is 0 Å². The molecule has 0 aliphatic carbocycles. The van der Waals surface area contributed by atoms with Gasteiger partial charge in [0.05, 0.1) is 20.3 Å². The predicted molar refractivity (Wildman–Crippen MR) is 123 cm³/mol. The Kier molecular flexibility index (Phi) is 13.7. The Morgan fingerprint density at radius 1 is 0.971 bits per heavy atom. The number of carboxylic acid groups (broad SMARTS) is 2. The largest absolute Gasteiger partial charge is 0.493 e. The van der Waals surface area contributed by atoms with Crippen molar-refractivity contribution in [2.75, 3.05) is 40.5 Å². The van der Waals surface area contributed by atoms with E-state index in [0.717, 1.165) is 24.9 Å². The second-order valence-electron chi connectivity index (χ2n) is 6.84. The summed E-state index contributed by atoms with van der Waals surface area (Å²) in [5.41, 5.74) is 1.01. The second-order valence-corrected chi connectivity index (χ2v) is 6.84. The Morgan fingerprint density at radius 2 is 1.56 bits per heavy atom. The van der Waals surface area contributed by atoms with Crippen molar-refractivity contribution in [2.45, 2.75) is 25.9 Å². The molecule has 0 spiro atoms. The number of carbonyl (C=O) groups is 2. The molecule has 0 radical (unpaired) electrons. The fourth-order valence-electron chi connectivity index (χ4n) is 2.95. The van der Waals surface area contributed by atoms with E-state index in [1.165, 1.54) is 12.1 Å². The van der Waals surface area contributed by atoms with Crippen LogP contribution in [0.15, 0.2) is 42.5 Å². The van der Waals surface area contributed by atoms with E-state index < -0.39 is 11.9 Å². The molecule has 0 aromatic heterocycles. The summed E-state index contributed by atoms with van der Waals surface area (Å²) in [7, 11) is 3.21. The van der Waals surface area contributed by atoms with Gasteiger partial charge in [0, 0.05) is 13.2 Å². The van der Waals surface area contributed by atoms with E-state index >= 15 is 0 Å². The maximum absolute atomic E-state index is 13.1. The van der Waals surface area contributed by atoms with Crippen LogP contribution >= 0.6 is 0 Å². The van der Waals surface area contributed by atoms with E-state index in [-0.39, 0.29) is 11.9 Å². The van der Waals surface area contributed by atoms with Gasteiger partial charge in [0.1, 0.15) is 12.4 Å². The molecule has 9 nitrogen and oxygen atoms in total. The fourth-order valence-corrected chi connectivity index (χ4v) is 2.95. The first-order valence-electron chi connectivity index (χ1n) is 10.7. The zero-order valence-electron chi connectivity index (χ0n) is 19.6. The van der Waals surface area contributed by atoms with Gasteiger partial charge >= 0.3 is 11.9 Å². The Hall–Kier alpha value is -3.37. The molecular weight excluding hydrogens is 449 g/mol. The lowest BCUT2D eigenvalue weighted by Crippen LogP contribution is -2.23. The van der Waals surface area contributed by atoms with Gasteiger partial charge in [-0.05, 0) is 56.1 Å². The molecule has 0 saturated heterocycles. The van der Waals surface area contributed by atoms with Gasteiger partial charge in [0.15, 0.2) is 11.5 Å². The first kappa shape index (κ1) is 28.7. The van der Waals surface area contributed by atoms with Crippen molar-refractivity contribution in [1.29, 1.82) is 0 Å². The molecule has 34 heavy (non-hydrogen) atoms. The normalized spacial score (nSPS) is 11.1. The molecule has 2 rings (SSSR count). The van der Waals surface area contributed by atoms with Crippen LogP contribution in [0.25, 0.3) is 0 Å². The van der Waals surface area contributed by atoms with Gasteiger partial charge < -0.3 is 34.5 Å². The summed E-state index contributed by atoms with van der Waals surface area (Å²) in [6.45, 7) is 4.65. The molecule has 0 amide bonds. The number of nitrogens with one attached hydrogen (secondary N) is 1. The van der Waals surface area contributed by atoms with Crippen molar-refractivity contribution in [3.63, 3.8) is 0 Å². The highest BCUT2D eigenvalue weighted by atomic mass is 19.1. The molecular formula is C24H32FNO8. The van der Waals surface area contributed by atoms with Gasteiger partial charge in [-0.2, -0.15) is 0 Å². The third-order valence-electron chi connectivity index (χ3n) is 4.52. The quantitative estimate of drug-likeness (QED) is 0.291. The molecule has 0 heterocycles. The van der Waals surface area contributed by atoms with E-state index in [2.05, 4.69) is 5.32 Å². The Bertz CT molecular complexity index is 842. The summed E-state index contributed by atoms with van der Waals surface area (Å²) in [4.78, 5) is 18.2. The number of ether oxygens (including phenoxy) is 4. The van der Waals surface area contributed by atoms with Crippen molar-refractivity contribution in [2.24, 2.45) is 0 Å². The lowest BCUT2D eigenvalue weighted by molar-refractivity contribution is -0.159. The monoisotopic (exact) mass is 481 g/mol. The van der Waals surface area contributed by atoms with Gasteiger partial charge in [0.25, 0.3) is 0 Å². The molecule has 0 fully saturated rings. The van der Waals surface area contributed by atoms with Gasteiger partial charge in [-0.1, -0.05) is 18.2 Å². The smallest absolute Gasteiger partial charge is 0.414 e. The predicted octanol–water partition coefficient (Wildman–Crippen LogP) is 3.52. The van der Waals surface area contributed by atoms with Crippen molar-refractivity contribution in [1.82, 2.24) is 5.32 Å². The number of halogens is 1. The minimum atomic E-state index is -1.82. The number of carboxylic acids is 2. The van der Waals surface area contributed by atoms with Crippen LogP contribution in [0, 0.1) is 5.82 Å². The Balaban J connectivity index is 0.000000852. The summed E-state index contributed by atoms with van der Waals surface area (Å²) in [6.07, 6.45) is 1.80. The number of aliphatic carboxylic acids is 2. The first-order chi connectivity index (χ1) is 16.3. The van der Waals surface area contributed by atoms with Gasteiger partial charge in [-0.3, -0.25) is 0 Å². The molecule has 10 heteroatoms. The number of benzene rings is 2. The maximum atomic E-state index is 13.1. The highest BCUT2D eigenvalue weighted by Crippen LogP contribution is 2.36. The fraction of sp³-hybridized carbons (Fsp3) is 0.417. The topological polar surface area (TPSA) is 124 Å². The van der Waals surface area contributed by atoms with Crippen LogP contribution in [0.5, 0.6) is 17.2 Å². The Morgan fingerprint density at radius 3 is 2.06 bits per heavy atom. The van der Waals surface area contributed by atoms with Gasteiger partial charge in [-0.25, -0.2) is 14.0 Å². The zero-order chi connectivity index (χ0) is 25.3. The van der Waals surface area contributed by atoms with Crippen molar-refractivity contribution >= 4 is 11.9 Å². The second kappa shape index (κ2) is 16.3. The summed E-state index contributed by atoms with van der Waals surface area (Å²) >= 11 is 0. The molecule has 2 aromatic rings. The lowest BCUT2D eigenvalue weighted by Gasteiger charge is -2.18. The molecule has 0 bridgehead atoms. The molecule has 0 aliphatic rings. The highest BCUT2D eigenvalue weighted by molar-refractivity contribution is 6.27. The minimum Gasteiger partial charge on any atom is -0.493 e. The van der Waals surface area contributed by atoms with E-state index in [1.807, 2.05) is 25.1 Å². The third kappa shape index (κ3) is 10.5. The number of hydrogen-bond donors (Lipinski definition) is 3. The van der Waals surface area contributed by atoms with E-state index in [9.17, 15) is 4.39 Å². The molecule has 1 unspecified atom stereocenters. The van der Waals surface area contributed by atoms with Crippen molar-refractivity contribution in [3.05, 3.63) is 53.8 Å². The summed E-state index contributed by atoms with van der Waals surface area (Å²) < 4.78 is 35.4. The average Bonchev–Trinajstić information content (AvgIpc) is 2.83. The summed E-state index contributed by atoms with van der Waals surface area (Å²) in [5.74, 6) is -1.96. The lowest BCUT2D eigenvalue weighted by atomic mass is 10.0. The molecule has 2 aromatic carbocycles. The van der Waals surface area contributed by atoms with Gasteiger partial charge in [-0.15, -0.1) is 0 Å². The molecule has 1 atom stereocenters. The molecule has 188 valence electrons. The number of hydrogen-bond acceptors (Lipinski definition) is 7. The zero-order valence-corrected chi connectivity index (χ0v) is 19.6. The molecule has 3 N–H and O–H groups in total. The third-order valence-corrected chi connectivity index (χ3v) is 4.52. The van der Waals surface area contributed by atoms with Crippen molar-refractivity contribution < 1.29 is 43.1 Å². The van der Waals surface area contributed by atoms with Crippen LogP contribution in [-0.4, -0.2) is 62.7 Å². The van der Waals surface area contributed by atoms with Crippen LogP contribution in [0.4, 0.5) is 4.39 Å². The van der Waals surface area contributed by atoms with Crippen LogP contribution < -0.4 is 19.5 Å². The van der Waals surface area contributed by atoms with E-state index in [4.69, 9.17) is 38.7 Å². The van der Waals surface area contributed by atoms with Crippen LogP contribution in [0.1, 0.15) is 31.4 Å². The minimum absolute atomic E-state index is 0.0125. The summed E-state index contributed by atoms with van der Waals surface area (Å²) in [6, 6.07) is 12.1. The standard InChI is InChI=1S/C22H30FNO4.C2H2O4/c1-4-27-19(17-10-12-18(23)13-11-17)9-6-14-24-15-16-28-22-20(25-2)7-5-8-21(22)26-3;3-1(4)2(5)6/h5,7-8,10-13,19,24H,4,6,9,14-16H2,1-3H3;(H,3,4)(H,5,6). The number of methoxy groups -OCH3 is 2. The number of para-hydroxylation sites is 1. The van der Waals surface area contributed by atoms with E-state index in [0.29, 0.717) is 37.0 Å². The van der Waals surface area contributed by atoms with Crippen LogP contribution in [-0.2, 0) is 14.3 Å². The van der Waals surface area contributed by atoms with Crippen LogP contribution in [0.3, 0.4) is 0 Å².